The Morgan fingerprint density at radius 3 is 2.67 bits per heavy atom. The first-order chi connectivity index (χ1) is 19.4. The van der Waals surface area contributed by atoms with E-state index in [9.17, 15) is 9.18 Å². The number of hydrogen-bond donors (Lipinski definition) is 3. The van der Waals surface area contributed by atoms with E-state index in [1.165, 1.54) is 18.2 Å². The number of carbonyl (C=O) groups is 1. The number of hydrogen-bond acceptors (Lipinski definition) is 9. The van der Waals surface area contributed by atoms with Gasteiger partial charge in [0.2, 0.25) is 17.8 Å². The summed E-state index contributed by atoms with van der Waals surface area (Å²) in [6, 6.07) is 4.70. The van der Waals surface area contributed by atoms with Gasteiger partial charge in [-0.25, -0.2) is 4.39 Å². The van der Waals surface area contributed by atoms with Gasteiger partial charge >= 0.3 is 0 Å². The van der Waals surface area contributed by atoms with Crippen molar-refractivity contribution in [3.05, 3.63) is 53.5 Å². The molecule has 0 spiro atoms. The van der Waals surface area contributed by atoms with E-state index in [1.807, 2.05) is 6.08 Å². The number of ether oxygens (including phenoxy) is 2. The van der Waals surface area contributed by atoms with E-state index in [1.54, 1.807) is 16.8 Å². The molecule has 0 radical (unpaired) electrons. The highest BCUT2D eigenvalue weighted by Gasteiger charge is 2.19. The third-order valence-electron chi connectivity index (χ3n) is 6.98. The lowest BCUT2D eigenvalue weighted by atomic mass is 10.1. The monoisotopic (exact) mass is 552 g/mol. The third-order valence-corrected chi connectivity index (χ3v) is 6.98. The molecule has 0 saturated carbocycles. The molecule has 1 aromatic carbocycles. The molecule has 3 aromatic rings. The molecule has 0 aliphatic carbocycles. The number of nitrogens with one attached hydrogen (secondary N) is 3. The molecular formula is C28H37FN8O3. The van der Waals surface area contributed by atoms with Gasteiger partial charge in [-0.05, 0) is 42.5 Å². The molecular weight excluding hydrogens is 515 g/mol. The Bertz CT molecular complexity index is 1330. The van der Waals surface area contributed by atoms with Crippen LogP contribution in [-0.4, -0.2) is 82.5 Å². The number of benzene rings is 1. The number of rotatable bonds is 10. The molecule has 0 bridgehead atoms. The van der Waals surface area contributed by atoms with Crippen LogP contribution in [-0.2, 0) is 20.8 Å². The van der Waals surface area contributed by atoms with Crippen molar-refractivity contribution in [2.45, 2.75) is 45.2 Å². The molecule has 1 amide bonds. The Kier molecular flexibility index (Phi) is 9.19. The van der Waals surface area contributed by atoms with Crippen molar-refractivity contribution in [2.24, 2.45) is 0 Å². The second-order valence-electron chi connectivity index (χ2n) is 10.4. The first-order valence-corrected chi connectivity index (χ1v) is 13.9. The van der Waals surface area contributed by atoms with Crippen molar-refractivity contribution in [2.75, 3.05) is 62.0 Å². The second-order valence-corrected chi connectivity index (χ2v) is 10.4. The van der Waals surface area contributed by atoms with E-state index in [2.05, 4.69) is 39.8 Å². The van der Waals surface area contributed by atoms with Crippen LogP contribution in [0.1, 0.15) is 43.7 Å². The first-order valence-electron chi connectivity index (χ1n) is 13.9. The largest absolute Gasteiger partial charge is 0.381 e. The molecule has 2 fully saturated rings. The standard InChI is InChI=1S/C28H37FN8O3/c1-19(2)24-18-31-37-26(24)34-27(33-22-5-10-39-11-6-22)35-28(37)30-17-20-14-21(29)16-23(15-20)32-25(38)4-3-7-36-8-12-40-13-9-36/h3-4,14-16,18-19,22H,5-13,17H2,1-2H3,(H,32,38)(H2,30,33,34,35). The smallest absolute Gasteiger partial charge is 0.248 e. The van der Waals surface area contributed by atoms with E-state index < -0.39 is 5.82 Å². The molecule has 0 unspecified atom stereocenters. The van der Waals surface area contributed by atoms with Gasteiger partial charge in [0.25, 0.3) is 0 Å². The van der Waals surface area contributed by atoms with Crippen LogP contribution >= 0.6 is 0 Å². The predicted molar refractivity (Wildman–Crippen MR) is 151 cm³/mol. The predicted octanol–water partition coefficient (Wildman–Crippen LogP) is 3.42. The number of aromatic nitrogens is 4. The fourth-order valence-electron chi connectivity index (χ4n) is 4.79. The topological polar surface area (TPSA) is 118 Å². The summed E-state index contributed by atoms with van der Waals surface area (Å²) in [5.74, 6) is 0.487. The zero-order chi connectivity index (χ0) is 27.9. The third kappa shape index (κ3) is 7.32. The minimum absolute atomic E-state index is 0.228. The van der Waals surface area contributed by atoms with Crippen molar-refractivity contribution >= 4 is 29.1 Å². The van der Waals surface area contributed by atoms with Crippen LogP contribution in [0.25, 0.3) is 5.65 Å². The summed E-state index contributed by atoms with van der Waals surface area (Å²) >= 11 is 0. The number of amides is 1. The minimum atomic E-state index is -0.442. The maximum Gasteiger partial charge on any atom is 0.248 e. The van der Waals surface area contributed by atoms with Gasteiger partial charge < -0.3 is 25.4 Å². The van der Waals surface area contributed by atoms with Gasteiger partial charge in [-0.3, -0.25) is 9.69 Å². The zero-order valence-electron chi connectivity index (χ0n) is 23.0. The van der Waals surface area contributed by atoms with Crippen LogP contribution in [0, 0.1) is 5.82 Å². The Morgan fingerprint density at radius 2 is 1.90 bits per heavy atom. The van der Waals surface area contributed by atoms with Crippen LogP contribution in [0.15, 0.2) is 36.5 Å². The van der Waals surface area contributed by atoms with Crippen molar-refractivity contribution in [1.29, 1.82) is 0 Å². The summed E-state index contributed by atoms with van der Waals surface area (Å²) in [7, 11) is 0. The maximum atomic E-state index is 14.5. The number of carbonyl (C=O) groups excluding carboxylic acids is 1. The molecule has 2 saturated heterocycles. The molecule has 4 heterocycles. The van der Waals surface area contributed by atoms with Crippen LogP contribution in [0.2, 0.25) is 0 Å². The van der Waals surface area contributed by atoms with Crippen molar-refractivity contribution in [1.82, 2.24) is 24.5 Å². The summed E-state index contributed by atoms with van der Waals surface area (Å²) < 4.78 is 27.0. The highest BCUT2D eigenvalue weighted by Crippen LogP contribution is 2.24. The Balaban J connectivity index is 1.27. The summed E-state index contributed by atoms with van der Waals surface area (Å²) in [6.45, 7) is 9.63. The zero-order valence-corrected chi connectivity index (χ0v) is 23.0. The number of fused-ring (bicyclic) bond motifs is 1. The lowest BCUT2D eigenvalue weighted by Crippen LogP contribution is -2.36. The second kappa shape index (κ2) is 13.2. The molecule has 0 atom stereocenters. The first kappa shape index (κ1) is 27.9. The van der Waals surface area contributed by atoms with Crippen LogP contribution in [0.4, 0.5) is 22.0 Å². The maximum absolute atomic E-state index is 14.5. The van der Waals surface area contributed by atoms with E-state index in [-0.39, 0.29) is 24.4 Å². The fourth-order valence-corrected chi connectivity index (χ4v) is 4.79. The van der Waals surface area contributed by atoms with Crippen molar-refractivity contribution < 1.29 is 18.7 Å². The van der Waals surface area contributed by atoms with E-state index in [4.69, 9.17) is 19.4 Å². The van der Waals surface area contributed by atoms with Crippen LogP contribution in [0.5, 0.6) is 0 Å². The summed E-state index contributed by atoms with van der Waals surface area (Å²) in [4.78, 5) is 24.1. The highest BCUT2D eigenvalue weighted by atomic mass is 19.1. The number of anilines is 3. The van der Waals surface area contributed by atoms with Gasteiger partial charge in [0, 0.05) is 62.8 Å². The van der Waals surface area contributed by atoms with Gasteiger partial charge in [-0.15, -0.1) is 0 Å². The lowest BCUT2D eigenvalue weighted by molar-refractivity contribution is -0.111. The molecule has 214 valence electrons. The van der Waals surface area contributed by atoms with E-state index in [0.717, 1.165) is 37.1 Å². The molecule has 11 nitrogen and oxygen atoms in total. The Hall–Kier alpha value is -3.61. The van der Waals surface area contributed by atoms with Gasteiger partial charge in [0.05, 0.1) is 19.4 Å². The molecule has 2 aromatic heterocycles. The van der Waals surface area contributed by atoms with E-state index >= 15 is 0 Å². The van der Waals surface area contributed by atoms with Gasteiger partial charge in [-0.2, -0.15) is 19.6 Å². The summed E-state index contributed by atoms with van der Waals surface area (Å²) in [6.07, 6.45) is 6.86. The normalized spacial score (nSPS) is 17.1. The van der Waals surface area contributed by atoms with Crippen molar-refractivity contribution in [3.8, 4) is 0 Å². The fraction of sp³-hybridized carbons (Fsp3) is 0.500. The number of nitrogens with zero attached hydrogens (tertiary/aromatic N) is 5. The van der Waals surface area contributed by atoms with Crippen LogP contribution < -0.4 is 16.0 Å². The Labute approximate surface area is 233 Å². The molecule has 12 heteroatoms. The average molecular weight is 553 g/mol. The van der Waals surface area contributed by atoms with Gasteiger partial charge in [0.15, 0.2) is 5.65 Å². The summed E-state index contributed by atoms with van der Waals surface area (Å²) in [5, 5.41) is 14.0. The molecule has 2 aliphatic rings. The lowest BCUT2D eigenvalue weighted by Gasteiger charge is -2.25. The molecule has 3 N–H and O–H groups in total. The minimum Gasteiger partial charge on any atom is -0.381 e. The van der Waals surface area contributed by atoms with Gasteiger partial charge in [-0.1, -0.05) is 19.9 Å². The quantitative estimate of drug-likeness (QED) is 0.325. The average Bonchev–Trinajstić information content (AvgIpc) is 3.37. The molecule has 5 rings (SSSR count). The summed E-state index contributed by atoms with van der Waals surface area (Å²) in [5.41, 5.74) is 2.76. The number of halogens is 1. The van der Waals surface area contributed by atoms with E-state index in [0.29, 0.717) is 56.1 Å². The van der Waals surface area contributed by atoms with Crippen LogP contribution in [0.3, 0.4) is 0 Å². The Morgan fingerprint density at radius 1 is 1.12 bits per heavy atom. The van der Waals surface area contributed by atoms with Crippen molar-refractivity contribution in [3.63, 3.8) is 0 Å². The highest BCUT2D eigenvalue weighted by molar-refractivity contribution is 5.99. The van der Waals surface area contributed by atoms with Gasteiger partial charge in [0.1, 0.15) is 5.82 Å². The molecule has 40 heavy (non-hydrogen) atoms. The molecule has 2 aliphatic heterocycles. The SMILES string of the molecule is CC(C)c1cnn2c(NCc3cc(F)cc(NC(=O)C=CCN4CCOCC4)c3)nc(NC3CCOCC3)nc12. The number of morpholine rings is 1.